The molecule has 10 aromatic rings. The zero-order chi connectivity index (χ0) is 37.8. The van der Waals surface area contributed by atoms with Crippen molar-refractivity contribution in [1.29, 1.82) is 0 Å². The minimum atomic E-state index is -0.0823. The average Bonchev–Trinajstić information content (AvgIpc) is 3.79. The molecular weight excluding hydrogens is 701 g/mol. The maximum Gasteiger partial charge on any atom is 0.165 e. The summed E-state index contributed by atoms with van der Waals surface area (Å²) in [7, 11) is 0. The van der Waals surface area contributed by atoms with Crippen LogP contribution in [0.4, 0.5) is 0 Å². The van der Waals surface area contributed by atoms with Gasteiger partial charge in [0.1, 0.15) is 0 Å². The smallest absolute Gasteiger partial charge is 0.165 e. The Morgan fingerprint density at radius 3 is 1.95 bits per heavy atom. The Morgan fingerprint density at radius 1 is 0.464 bits per heavy atom. The van der Waals surface area contributed by atoms with Crippen molar-refractivity contribution < 1.29 is 0 Å². The monoisotopic (exact) mass is 738 g/mol. The second-order valence-corrected chi connectivity index (χ2v) is 17.1. The van der Waals surface area contributed by atoms with Crippen LogP contribution in [0, 0.1) is 0 Å². The van der Waals surface area contributed by atoms with Crippen LogP contribution in [0.5, 0.6) is 0 Å². The van der Waals surface area contributed by atoms with Gasteiger partial charge in [0.05, 0.1) is 11.0 Å². The molecule has 3 heterocycles. The highest BCUT2D eigenvalue weighted by atomic mass is 32.1. The molecule has 268 valence electrons. The first-order valence-corrected chi connectivity index (χ1v) is 20.1. The number of aromatic nitrogens is 4. The van der Waals surface area contributed by atoms with E-state index in [0.29, 0.717) is 17.5 Å². The molecule has 11 rings (SSSR count). The topological polar surface area (TPSA) is 43.6 Å². The number of para-hydroxylation sites is 1. The van der Waals surface area contributed by atoms with E-state index in [9.17, 15) is 0 Å². The van der Waals surface area contributed by atoms with Gasteiger partial charge in [-0.05, 0) is 69.5 Å². The summed E-state index contributed by atoms with van der Waals surface area (Å²) in [5.74, 6) is 1.97. The molecule has 0 fully saturated rings. The van der Waals surface area contributed by atoms with Crippen LogP contribution in [-0.2, 0) is 10.8 Å². The van der Waals surface area contributed by atoms with Crippen molar-refractivity contribution in [3.05, 3.63) is 169 Å². The molecule has 0 saturated heterocycles. The van der Waals surface area contributed by atoms with Crippen LogP contribution in [-0.4, -0.2) is 19.5 Å². The summed E-state index contributed by atoms with van der Waals surface area (Å²) in [4.78, 5) is 15.5. The van der Waals surface area contributed by atoms with E-state index in [1.54, 1.807) is 11.3 Å². The summed E-state index contributed by atoms with van der Waals surface area (Å²) >= 11 is 1.79. The van der Waals surface area contributed by atoms with Crippen molar-refractivity contribution in [2.24, 2.45) is 0 Å². The Labute approximate surface area is 329 Å². The molecule has 1 aliphatic carbocycles. The first kappa shape index (κ1) is 33.0. The molecule has 3 aromatic heterocycles. The van der Waals surface area contributed by atoms with Gasteiger partial charge in [0.15, 0.2) is 17.5 Å². The van der Waals surface area contributed by atoms with Crippen molar-refractivity contribution in [2.45, 2.75) is 38.5 Å². The van der Waals surface area contributed by atoms with E-state index in [1.165, 1.54) is 64.2 Å². The highest BCUT2D eigenvalue weighted by molar-refractivity contribution is 7.26. The zero-order valence-corrected chi connectivity index (χ0v) is 32.5. The second kappa shape index (κ2) is 12.0. The van der Waals surface area contributed by atoms with Gasteiger partial charge in [0.2, 0.25) is 0 Å². The third-order valence-corrected chi connectivity index (χ3v) is 13.8. The Morgan fingerprint density at radius 2 is 1.09 bits per heavy atom. The molecule has 0 amide bonds. The normalized spacial score (nSPS) is 14.4. The van der Waals surface area contributed by atoms with Crippen molar-refractivity contribution in [2.75, 3.05) is 0 Å². The highest BCUT2D eigenvalue weighted by Gasteiger charge is 2.46. The predicted octanol–water partition coefficient (Wildman–Crippen LogP) is 13.6. The molecule has 0 radical (unpaired) electrons. The van der Waals surface area contributed by atoms with Gasteiger partial charge in [0, 0.05) is 53.3 Å². The average molecular weight is 739 g/mol. The van der Waals surface area contributed by atoms with E-state index in [-0.39, 0.29) is 10.8 Å². The number of hydrogen-bond acceptors (Lipinski definition) is 4. The standard InChI is InChI=1S/C51H38N4S/c1-50(2)39-25-11-8-21-36(39)44-40(51(50,3)4)28-29-42-45(44)37-22-9-12-26-41(37)55(42)33-19-14-18-32(30-33)48-52-47(31-16-6-5-7-17-31)53-49(54-48)38-24-15-23-35-34-20-10-13-27-43(34)56-46(35)38/h5-30H,1-4H3. The molecule has 7 aromatic carbocycles. The van der Waals surface area contributed by atoms with Gasteiger partial charge >= 0.3 is 0 Å². The van der Waals surface area contributed by atoms with E-state index in [1.807, 2.05) is 18.2 Å². The summed E-state index contributed by atoms with van der Waals surface area (Å²) in [6.45, 7) is 9.60. The van der Waals surface area contributed by atoms with Crippen molar-refractivity contribution in [1.82, 2.24) is 19.5 Å². The van der Waals surface area contributed by atoms with Gasteiger partial charge in [-0.3, -0.25) is 0 Å². The lowest BCUT2D eigenvalue weighted by Gasteiger charge is -2.48. The van der Waals surface area contributed by atoms with Gasteiger partial charge < -0.3 is 4.57 Å². The van der Waals surface area contributed by atoms with E-state index >= 15 is 0 Å². The summed E-state index contributed by atoms with van der Waals surface area (Å²) in [5.41, 5.74) is 11.7. The summed E-state index contributed by atoms with van der Waals surface area (Å²) in [6.07, 6.45) is 0. The van der Waals surface area contributed by atoms with Crippen LogP contribution in [0.2, 0.25) is 0 Å². The molecule has 0 bridgehead atoms. The molecular formula is C51H38N4S. The van der Waals surface area contributed by atoms with E-state index in [0.717, 1.165) is 22.4 Å². The van der Waals surface area contributed by atoms with Crippen LogP contribution in [0.1, 0.15) is 38.8 Å². The molecule has 0 aliphatic heterocycles. The third-order valence-electron chi connectivity index (χ3n) is 12.6. The predicted molar refractivity (Wildman–Crippen MR) is 235 cm³/mol. The van der Waals surface area contributed by atoms with E-state index < -0.39 is 0 Å². The Balaban J connectivity index is 1.14. The number of fused-ring (bicyclic) bond motifs is 10. The van der Waals surface area contributed by atoms with Gasteiger partial charge in [-0.2, -0.15) is 0 Å². The van der Waals surface area contributed by atoms with Crippen LogP contribution < -0.4 is 0 Å². The Bertz CT molecular complexity index is 3200. The lowest BCUT2D eigenvalue weighted by atomic mass is 9.55. The summed E-state index contributed by atoms with van der Waals surface area (Å²) < 4.78 is 4.85. The third kappa shape index (κ3) is 4.67. The number of benzene rings is 7. The van der Waals surface area contributed by atoms with Crippen molar-refractivity contribution >= 4 is 53.3 Å². The number of nitrogens with zero attached hydrogens (tertiary/aromatic N) is 4. The number of rotatable bonds is 4. The minimum absolute atomic E-state index is 0.0402. The lowest BCUT2D eigenvalue weighted by molar-refractivity contribution is 0.299. The van der Waals surface area contributed by atoms with Crippen molar-refractivity contribution in [3.8, 4) is 51.0 Å². The largest absolute Gasteiger partial charge is 0.309 e. The maximum absolute atomic E-state index is 5.25. The zero-order valence-electron chi connectivity index (χ0n) is 31.7. The number of thiophene rings is 1. The number of hydrogen-bond donors (Lipinski definition) is 0. The van der Waals surface area contributed by atoms with Crippen molar-refractivity contribution in [3.63, 3.8) is 0 Å². The Hall–Kier alpha value is -6.43. The fraction of sp³-hybridized carbons (Fsp3) is 0.118. The van der Waals surface area contributed by atoms with Crippen LogP contribution in [0.25, 0.3) is 93.0 Å². The molecule has 0 atom stereocenters. The molecule has 0 unspecified atom stereocenters. The first-order chi connectivity index (χ1) is 27.3. The maximum atomic E-state index is 5.25. The quantitative estimate of drug-likeness (QED) is 0.181. The first-order valence-electron chi connectivity index (χ1n) is 19.3. The van der Waals surface area contributed by atoms with Gasteiger partial charge in [-0.25, -0.2) is 15.0 Å². The molecule has 5 heteroatoms. The van der Waals surface area contributed by atoms with Crippen LogP contribution in [0.15, 0.2) is 158 Å². The summed E-state index contributed by atoms with van der Waals surface area (Å²) in [6, 6.07) is 56.6. The molecule has 1 aliphatic rings. The molecule has 0 saturated carbocycles. The molecule has 0 N–H and O–H groups in total. The fourth-order valence-electron chi connectivity index (χ4n) is 9.11. The van der Waals surface area contributed by atoms with Crippen LogP contribution >= 0.6 is 11.3 Å². The van der Waals surface area contributed by atoms with E-state index in [4.69, 9.17) is 15.0 Å². The van der Waals surface area contributed by atoms with E-state index in [2.05, 4.69) is 172 Å². The van der Waals surface area contributed by atoms with Crippen LogP contribution in [0.3, 0.4) is 0 Å². The minimum Gasteiger partial charge on any atom is -0.309 e. The Kier molecular flexibility index (Phi) is 7.08. The van der Waals surface area contributed by atoms with Gasteiger partial charge in [0.25, 0.3) is 0 Å². The fourth-order valence-corrected chi connectivity index (χ4v) is 10.3. The van der Waals surface area contributed by atoms with Gasteiger partial charge in [-0.1, -0.05) is 149 Å². The molecule has 4 nitrogen and oxygen atoms in total. The SMILES string of the molecule is CC1(C)c2ccccc2-c2c(ccc3c2c2ccccc2n3-c2cccc(-c3nc(-c4ccccc4)nc(-c4cccc5c4sc4ccccc45)n3)c2)C1(C)C. The second-order valence-electron chi connectivity index (χ2n) is 16.0. The highest BCUT2D eigenvalue weighted by Crippen LogP contribution is 2.56. The lowest BCUT2D eigenvalue weighted by Crippen LogP contribution is -2.43. The van der Waals surface area contributed by atoms with Gasteiger partial charge in [-0.15, -0.1) is 11.3 Å². The molecule has 56 heavy (non-hydrogen) atoms. The summed E-state index contributed by atoms with van der Waals surface area (Å²) in [5, 5.41) is 5.02. The molecule has 0 spiro atoms.